The third-order valence-electron chi connectivity index (χ3n) is 3.84. The number of hydrogen-bond donors (Lipinski definition) is 2. The van der Waals surface area contributed by atoms with E-state index in [1.54, 1.807) is 29.5 Å². The number of amides is 1. The third-order valence-corrected chi connectivity index (χ3v) is 4.83. The fraction of sp³-hybridized carbons (Fsp3) is 0.263. The van der Waals surface area contributed by atoms with Gasteiger partial charge in [-0.25, -0.2) is 0 Å². The van der Waals surface area contributed by atoms with Crippen LogP contribution in [0.25, 0.3) is 11.5 Å². The molecular weight excluding hydrogens is 336 g/mol. The molecular formula is C19H20N2O3S. The number of aromatic nitrogens is 1. The average molecular weight is 356 g/mol. The quantitative estimate of drug-likeness (QED) is 0.694. The fourth-order valence-electron chi connectivity index (χ4n) is 2.67. The molecule has 0 saturated carbocycles. The highest BCUT2D eigenvalue weighted by atomic mass is 32.1. The zero-order valence-corrected chi connectivity index (χ0v) is 14.9. The normalized spacial score (nSPS) is 12.3. The molecule has 6 heteroatoms. The van der Waals surface area contributed by atoms with Crippen LogP contribution in [0.1, 0.15) is 41.5 Å². The highest BCUT2D eigenvalue weighted by molar-refractivity contribution is 7.10. The standard InChI is InChI=1S/C19H20N2O3S/c1-12(2)11-15(17-6-4-10-25-17)21-19(23)13-7-8-14(20-18(13)22)16-5-3-9-24-16/h3-10,12,15H,11H2,1-2H3,(H,20,22)(H,21,23). The van der Waals surface area contributed by atoms with Gasteiger partial charge in [-0.15, -0.1) is 11.3 Å². The summed E-state index contributed by atoms with van der Waals surface area (Å²) in [5, 5.41) is 4.98. The average Bonchev–Trinajstić information content (AvgIpc) is 3.27. The molecule has 1 amide bonds. The molecule has 5 nitrogen and oxygen atoms in total. The number of carbonyl (C=O) groups excluding carboxylic acids is 1. The van der Waals surface area contributed by atoms with Crippen molar-refractivity contribution in [1.29, 1.82) is 0 Å². The first-order chi connectivity index (χ1) is 12.0. The molecule has 1 atom stereocenters. The largest absolute Gasteiger partial charge is 0.463 e. The van der Waals surface area contributed by atoms with Gasteiger partial charge in [0.2, 0.25) is 0 Å². The monoisotopic (exact) mass is 356 g/mol. The van der Waals surface area contributed by atoms with Crippen molar-refractivity contribution >= 4 is 17.2 Å². The molecule has 130 valence electrons. The molecule has 3 aromatic rings. The number of carbonyl (C=O) groups is 1. The maximum absolute atomic E-state index is 12.6. The number of thiophene rings is 1. The first-order valence-corrected chi connectivity index (χ1v) is 9.04. The Morgan fingerprint density at radius 3 is 2.68 bits per heavy atom. The number of nitrogens with one attached hydrogen (secondary N) is 2. The van der Waals surface area contributed by atoms with Crippen LogP contribution in [0.5, 0.6) is 0 Å². The lowest BCUT2D eigenvalue weighted by Gasteiger charge is -2.19. The maximum atomic E-state index is 12.6. The van der Waals surface area contributed by atoms with E-state index >= 15 is 0 Å². The summed E-state index contributed by atoms with van der Waals surface area (Å²) in [5.74, 6) is 0.610. The summed E-state index contributed by atoms with van der Waals surface area (Å²) in [5.41, 5.74) is 0.213. The number of rotatable bonds is 6. The van der Waals surface area contributed by atoms with Gasteiger partial charge >= 0.3 is 0 Å². The van der Waals surface area contributed by atoms with Gasteiger partial charge in [-0.1, -0.05) is 19.9 Å². The molecule has 2 N–H and O–H groups in total. The summed E-state index contributed by atoms with van der Waals surface area (Å²) >= 11 is 1.60. The van der Waals surface area contributed by atoms with Crippen molar-refractivity contribution in [3.8, 4) is 11.5 Å². The Labute approximate surface area is 149 Å². The summed E-state index contributed by atoms with van der Waals surface area (Å²) in [4.78, 5) is 28.7. The predicted octanol–water partition coefficient (Wildman–Crippen LogP) is 4.21. The van der Waals surface area contributed by atoms with Crippen LogP contribution in [0.4, 0.5) is 0 Å². The Bertz CT molecular complexity index is 880. The smallest absolute Gasteiger partial charge is 0.261 e. The van der Waals surface area contributed by atoms with Crippen molar-refractivity contribution in [2.75, 3.05) is 0 Å². The Kier molecular flexibility index (Phi) is 5.19. The molecule has 0 saturated heterocycles. The number of hydrogen-bond acceptors (Lipinski definition) is 4. The van der Waals surface area contributed by atoms with Crippen molar-refractivity contribution in [3.63, 3.8) is 0 Å². The Morgan fingerprint density at radius 1 is 1.24 bits per heavy atom. The lowest BCUT2D eigenvalue weighted by Crippen LogP contribution is -2.33. The van der Waals surface area contributed by atoms with Crippen LogP contribution >= 0.6 is 11.3 Å². The number of furan rings is 1. The van der Waals surface area contributed by atoms with Crippen LogP contribution in [-0.2, 0) is 0 Å². The highest BCUT2D eigenvalue weighted by Crippen LogP contribution is 2.25. The molecule has 0 aliphatic rings. The molecule has 3 aromatic heterocycles. The van der Waals surface area contributed by atoms with Gasteiger partial charge in [0.15, 0.2) is 0 Å². The Morgan fingerprint density at radius 2 is 2.08 bits per heavy atom. The molecule has 3 heterocycles. The SMILES string of the molecule is CC(C)CC(NC(=O)c1ccc(-c2ccco2)[nH]c1=O)c1cccs1. The van der Waals surface area contributed by atoms with Gasteiger partial charge in [0.1, 0.15) is 11.3 Å². The van der Waals surface area contributed by atoms with Gasteiger partial charge in [0.25, 0.3) is 11.5 Å². The molecule has 1 unspecified atom stereocenters. The molecule has 0 fully saturated rings. The predicted molar refractivity (Wildman–Crippen MR) is 98.7 cm³/mol. The van der Waals surface area contributed by atoms with Gasteiger partial charge in [-0.05, 0) is 48.1 Å². The first-order valence-electron chi connectivity index (χ1n) is 8.16. The van der Waals surface area contributed by atoms with Gasteiger partial charge in [0, 0.05) is 4.88 Å². The zero-order valence-electron chi connectivity index (χ0n) is 14.1. The first kappa shape index (κ1) is 17.2. The van der Waals surface area contributed by atoms with Crippen LogP contribution in [0.15, 0.2) is 57.3 Å². The summed E-state index contributed by atoms with van der Waals surface area (Å²) in [6.45, 7) is 4.22. The molecule has 0 aromatic carbocycles. The van der Waals surface area contributed by atoms with Crippen molar-refractivity contribution in [2.45, 2.75) is 26.3 Å². The molecule has 0 radical (unpaired) electrons. The van der Waals surface area contributed by atoms with Crippen LogP contribution in [0.3, 0.4) is 0 Å². The van der Waals surface area contributed by atoms with Crippen molar-refractivity contribution in [3.05, 3.63) is 68.8 Å². The molecule has 0 aliphatic heterocycles. The van der Waals surface area contributed by atoms with E-state index in [0.29, 0.717) is 17.4 Å². The molecule has 25 heavy (non-hydrogen) atoms. The Hall–Kier alpha value is -2.60. The van der Waals surface area contributed by atoms with Gasteiger partial charge in [-0.3, -0.25) is 9.59 Å². The number of H-pyrrole nitrogens is 1. The number of aromatic amines is 1. The minimum Gasteiger partial charge on any atom is -0.463 e. The highest BCUT2D eigenvalue weighted by Gasteiger charge is 2.20. The summed E-state index contributed by atoms with van der Waals surface area (Å²) in [6, 6.07) is 10.6. The second-order valence-corrected chi connectivity index (χ2v) is 7.24. The molecule has 0 spiro atoms. The zero-order chi connectivity index (χ0) is 17.8. The minimum absolute atomic E-state index is 0.0978. The van der Waals surface area contributed by atoms with Gasteiger partial charge in [-0.2, -0.15) is 0 Å². The lowest BCUT2D eigenvalue weighted by atomic mass is 10.0. The lowest BCUT2D eigenvalue weighted by molar-refractivity contribution is 0.0931. The van der Waals surface area contributed by atoms with E-state index in [-0.39, 0.29) is 17.5 Å². The summed E-state index contributed by atoms with van der Waals surface area (Å²) < 4.78 is 5.26. The molecule has 3 rings (SSSR count). The van der Waals surface area contributed by atoms with Gasteiger partial charge in [0.05, 0.1) is 18.0 Å². The van der Waals surface area contributed by atoms with E-state index in [4.69, 9.17) is 4.42 Å². The van der Waals surface area contributed by atoms with Crippen molar-refractivity contribution in [1.82, 2.24) is 10.3 Å². The second kappa shape index (κ2) is 7.53. The topological polar surface area (TPSA) is 75.1 Å². The third kappa shape index (κ3) is 4.09. The molecule has 0 aliphatic carbocycles. The summed E-state index contributed by atoms with van der Waals surface area (Å²) in [7, 11) is 0. The van der Waals surface area contributed by atoms with E-state index in [1.807, 2.05) is 17.5 Å². The maximum Gasteiger partial charge on any atom is 0.261 e. The van der Waals surface area contributed by atoms with Crippen LogP contribution in [0, 0.1) is 5.92 Å². The second-order valence-electron chi connectivity index (χ2n) is 6.26. The summed E-state index contributed by atoms with van der Waals surface area (Å²) in [6.07, 6.45) is 2.35. The fourth-order valence-corrected chi connectivity index (χ4v) is 3.46. The van der Waals surface area contributed by atoms with Crippen molar-refractivity contribution in [2.24, 2.45) is 5.92 Å². The van der Waals surface area contributed by atoms with E-state index in [1.165, 1.54) is 12.3 Å². The minimum atomic E-state index is -0.430. The number of pyridine rings is 1. The van der Waals surface area contributed by atoms with Gasteiger partial charge < -0.3 is 14.7 Å². The Balaban J connectivity index is 1.81. The van der Waals surface area contributed by atoms with E-state index in [9.17, 15) is 9.59 Å². The van der Waals surface area contributed by atoms with E-state index in [0.717, 1.165) is 11.3 Å². The van der Waals surface area contributed by atoms with E-state index < -0.39 is 5.56 Å². The van der Waals surface area contributed by atoms with Crippen LogP contribution in [-0.4, -0.2) is 10.9 Å². The van der Waals surface area contributed by atoms with E-state index in [2.05, 4.69) is 24.1 Å². The van der Waals surface area contributed by atoms with Crippen LogP contribution in [0.2, 0.25) is 0 Å². The van der Waals surface area contributed by atoms with Crippen molar-refractivity contribution < 1.29 is 9.21 Å². The molecule has 0 bridgehead atoms. The van der Waals surface area contributed by atoms with Crippen LogP contribution < -0.4 is 10.9 Å².